The van der Waals surface area contributed by atoms with E-state index in [2.05, 4.69) is 24.5 Å². The third-order valence-electron chi connectivity index (χ3n) is 2.11. The van der Waals surface area contributed by atoms with Crippen molar-refractivity contribution in [1.82, 2.24) is 10.6 Å². The van der Waals surface area contributed by atoms with E-state index in [1.54, 1.807) is 0 Å². The predicted molar refractivity (Wildman–Crippen MR) is 44.2 cm³/mol. The molecule has 1 rings (SSSR count). The summed E-state index contributed by atoms with van der Waals surface area (Å²) in [6.07, 6.45) is 2.59. The Kier molecular flexibility index (Phi) is 2.69. The maximum absolute atomic E-state index is 3.53. The van der Waals surface area contributed by atoms with Gasteiger partial charge in [-0.25, -0.2) is 0 Å². The molecule has 0 aromatic heterocycles. The Bertz CT molecular complexity index is 97.4. The van der Waals surface area contributed by atoms with Crippen molar-refractivity contribution in [2.75, 3.05) is 19.6 Å². The van der Waals surface area contributed by atoms with E-state index in [9.17, 15) is 0 Å². The van der Waals surface area contributed by atoms with Gasteiger partial charge in [-0.1, -0.05) is 13.3 Å². The Morgan fingerprint density at radius 3 is 2.60 bits per heavy atom. The van der Waals surface area contributed by atoms with E-state index < -0.39 is 0 Å². The number of hydrogen-bond acceptors (Lipinski definition) is 2. The van der Waals surface area contributed by atoms with Crippen LogP contribution in [0.5, 0.6) is 0 Å². The summed E-state index contributed by atoms with van der Waals surface area (Å²) in [6.45, 7) is 7.95. The second kappa shape index (κ2) is 3.35. The van der Waals surface area contributed by atoms with Crippen LogP contribution in [0.4, 0.5) is 0 Å². The molecule has 1 fully saturated rings. The third-order valence-corrected chi connectivity index (χ3v) is 2.11. The number of rotatable bonds is 4. The van der Waals surface area contributed by atoms with E-state index in [1.165, 1.54) is 19.4 Å². The molecule has 1 aliphatic heterocycles. The van der Waals surface area contributed by atoms with Crippen molar-refractivity contribution in [3.05, 3.63) is 0 Å². The molecular weight excluding hydrogens is 124 g/mol. The largest absolute Gasteiger partial charge is 0.313 e. The van der Waals surface area contributed by atoms with Crippen LogP contribution in [0.25, 0.3) is 0 Å². The maximum Gasteiger partial charge on any atom is 0.0403 e. The highest BCUT2D eigenvalue weighted by Gasteiger charge is 2.29. The second-order valence-corrected chi connectivity index (χ2v) is 3.44. The first-order valence-corrected chi connectivity index (χ1v) is 4.22. The normalized spacial score (nSPS) is 22.2. The van der Waals surface area contributed by atoms with Gasteiger partial charge in [0.2, 0.25) is 0 Å². The van der Waals surface area contributed by atoms with Crippen LogP contribution < -0.4 is 10.6 Å². The quantitative estimate of drug-likeness (QED) is 0.566. The molecule has 2 nitrogen and oxygen atoms in total. The third kappa shape index (κ3) is 1.96. The molecular formula is C8H18N2. The number of nitrogens with one attached hydrogen (secondary N) is 2. The van der Waals surface area contributed by atoms with E-state index in [4.69, 9.17) is 0 Å². The van der Waals surface area contributed by atoms with Gasteiger partial charge in [-0.2, -0.15) is 0 Å². The summed E-state index contributed by atoms with van der Waals surface area (Å²) in [4.78, 5) is 0. The van der Waals surface area contributed by atoms with Crippen molar-refractivity contribution < 1.29 is 0 Å². The van der Waals surface area contributed by atoms with Crippen molar-refractivity contribution in [3.8, 4) is 0 Å². The molecule has 0 spiro atoms. The van der Waals surface area contributed by atoms with Crippen molar-refractivity contribution in [1.29, 1.82) is 0 Å². The fraction of sp³-hybridized carbons (Fsp3) is 1.00. The first kappa shape index (κ1) is 8.02. The lowest BCUT2D eigenvalue weighted by molar-refractivity contribution is 0.238. The van der Waals surface area contributed by atoms with Crippen LogP contribution in [0, 0.1) is 0 Å². The predicted octanol–water partition coefficient (Wildman–Crippen LogP) is 0.738. The van der Waals surface area contributed by atoms with Gasteiger partial charge < -0.3 is 10.6 Å². The Morgan fingerprint density at radius 2 is 2.20 bits per heavy atom. The lowest BCUT2D eigenvalue weighted by Crippen LogP contribution is -2.65. The average molecular weight is 142 g/mol. The van der Waals surface area contributed by atoms with Gasteiger partial charge in [0, 0.05) is 18.6 Å². The molecule has 0 atom stereocenters. The monoisotopic (exact) mass is 142 g/mol. The van der Waals surface area contributed by atoms with E-state index in [0.717, 1.165) is 13.1 Å². The first-order chi connectivity index (χ1) is 4.77. The minimum atomic E-state index is 0.412. The average Bonchev–Trinajstić information content (AvgIpc) is 1.85. The standard InChI is InChI=1S/C8H18N2/c1-3-4-5-10-8(2)6-9-7-8/h9-10H,3-7H2,1-2H3. The van der Waals surface area contributed by atoms with Crippen LogP contribution in [-0.2, 0) is 0 Å². The van der Waals surface area contributed by atoms with E-state index in [1.807, 2.05) is 0 Å². The summed E-state index contributed by atoms with van der Waals surface area (Å²) in [5.74, 6) is 0. The first-order valence-electron chi connectivity index (χ1n) is 4.22. The molecule has 0 radical (unpaired) electrons. The zero-order chi connectivity index (χ0) is 7.45. The SMILES string of the molecule is CCCCNC1(C)CNC1. The zero-order valence-electron chi connectivity index (χ0n) is 7.04. The molecule has 2 N–H and O–H groups in total. The Balaban J connectivity index is 2.01. The van der Waals surface area contributed by atoms with Crippen molar-refractivity contribution in [3.63, 3.8) is 0 Å². The summed E-state index contributed by atoms with van der Waals surface area (Å²) in [7, 11) is 0. The van der Waals surface area contributed by atoms with Crippen LogP contribution >= 0.6 is 0 Å². The zero-order valence-corrected chi connectivity index (χ0v) is 7.04. The molecule has 0 amide bonds. The van der Waals surface area contributed by atoms with Gasteiger partial charge in [-0.3, -0.25) is 0 Å². The summed E-state index contributed by atoms with van der Waals surface area (Å²) >= 11 is 0. The number of unbranched alkanes of at least 4 members (excludes halogenated alkanes) is 1. The highest BCUT2D eigenvalue weighted by Crippen LogP contribution is 2.08. The fourth-order valence-corrected chi connectivity index (χ4v) is 1.19. The van der Waals surface area contributed by atoms with Crippen LogP contribution in [0.2, 0.25) is 0 Å². The van der Waals surface area contributed by atoms with Crippen LogP contribution in [0.3, 0.4) is 0 Å². The van der Waals surface area contributed by atoms with Gasteiger partial charge in [-0.15, -0.1) is 0 Å². The topological polar surface area (TPSA) is 24.1 Å². The molecule has 0 saturated carbocycles. The fourth-order valence-electron chi connectivity index (χ4n) is 1.19. The van der Waals surface area contributed by atoms with Crippen LogP contribution in [0.15, 0.2) is 0 Å². The molecule has 0 aliphatic carbocycles. The smallest absolute Gasteiger partial charge is 0.0403 e. The van der Waals surface area contributed by atoms with Crippen LogP contribution in [-0.4, -0.2) is 25.2 Å². The van der Waals surface area contributed by atoms with Gasteiger partial charge in [0.1, 0.15) is 0 Å². The molecule has 0 unspecified atom stereocenters. The van der Waals surface area contributed by atoms with Crippen molar-refractivity contribution in [2.24, 2.45) is 0 Å². The minimum absolute atomic E-state index is 0.412. The Labute approximate surface area is 63.4 Å². The molecule has 0 bridgehead atoms. The Morgan fingerprint density at radius 1 is 1.50 bits per heavy atom. The molecule has 1 heterocycles. The van der Waals surface area contributed by atoms with Gasteiger partial charge in [0.25, 0.3) is 0 Å². The van der Waals surface area contributed by atoms with Crippen molar-refractivity contribution >= 4 is 0 Å². The summed E-state index contributed by atoms with van der Waals surface area (Å²) < 4.78 is 0. The van der Waals surface area contributed by atoms with Gasteiger partial charge >= 0.3 is 0 Å². The Hall–Kier alpha value is -0.0800. The van der Waals surface area contributed by atoms with Crippen LogP contribution in [0.1, 0.15) is 26.7 Å². The maximum atomic E-state index is 3.53. The van der Waals surface area contributed by atoms with Gasteiger partial charge in [0.05, 0.1) is 0 Å². The van der Waals surface area contributed by atoms with Gasteiger partial charge in [-0.05, 0) is 19.9 Å². The molecule has 1 aliphatic rings. The summed E-state index contributed by atoms with van der Waals surface area (Å²) in [6, 6.07) is 0. The molecule has 2 heteroatoms. The van der Waals surface area contributed by atoms with E-state index in [-0.39, 0.29) is 0 Å². The van der Waals surface area contributed by atoms with E-state index >= 15 is 0 Å². The highest BCUT2D eigenvalue weighted by atomic mass is 15.1. The number of hydrogen-bond donors (Lipinski definition) is 2. The lowest BCUT2D eigenvalue weighted by Gasteiger charge is -2.40. The minimum Gasteiger partial charge on any atom is -0.313 e. The second-order valence-electron chi connectivity index (χ2n) is 3.44. The molecule has 60 valence electrons. The molecule has 10 heavy (non-hydrogen) atoms. The lowest BCUT2D eigenvalue weighted by atomic mass is 9.95. The molecule has 0 aromatic rings. The van der Waals surface area contributed by atoms with E-state index in [0.29, 0.717) is 5.54 Å². The molecule has 0 aromatic carbocycles. The summed E-state index contributed by atoms with van der Waals surface area (Å²) in [5, 5.41) is 6.80. The molecule has 1 saturated heterocycles. The summed E-state index contributed by atoms with van der Waals surface area (Å²) in [5.41, 5.74) is 0.412. The van der Waals surface area contributed by atoms with Gasteiger partial charge in [0.15, 0.2) is 0 Å². The van der Waals surface area contributed by atoms with Crippen molar-refractivity contribution in [2.45, 2.75) is 32.2 Å². The highest BCUT2D eigenvalue weighted by molar-refractivity contribution is 4.95.